The Morgan fingerprint density at radius 3 is 2.69 bits per heavy atom. The second-order valence-corrected chi connectivity index (χ2v) is 6.92. The van der Waals surface area contributed by atoms with Crippen molar-refractivity contribution in [1.82, 2.24) is 19.7 Å². The van der Waals surface area contributed by atoms with Gasteiger partial charge in [0.05, 0.1) is 28.5 Å². The van der Waals surface area contributed by atoms with Crippen LogP contribution in [0, 0.1) is 12.7 Å². The van der Waals surface area contributed by atoms with Crippen molar-refractivity contribution in [3.05, 3.63) is 76.3 Å². The largest absolute Gasteiger partial charge is 0.346 e. The van der Waals surface area contributed by atoms with Crippen LogP contribution in [-0.2, 0) is 6.54 Å². The summed E-state index contributed by atoms with van der Waals surface area (Å²) in [7, 11) is 0. The van der Waals surface area contributed by atoms with Gasteiger partial charge in [-0.2, -0.15) is 0 Å². The number of carbonyl (C=O) groups excluding carboxylic acids is 1. The summed E-state index contributed by atoms with van der Waals surface area (Å²) in [4.78, 5) is 21.2. The lowest BCUT2D eigenvalue weighted by Crippen LogP contribution is -2.23. The number of hydrogen-bond acceptors (Lipinski definition) is 4. The number of amides is 1. The van der Waals surface area contributed by atoms with E-state index in [0.717, 1.165) is 27.6 Å². The van der Waals surface area contributed by atoms with Gasteiger partial charge in [0.1, 0.15) is 11.5 Å². The molecule has 7 heteroatoms. The Bertz CT molecular complexity index is 1080. The molecule has 0 unspecified atom stereocenters. The molecule has 0 bridgehead atoms. The number of aromatic nitrogens is 3. The van der Waals surface area contributed by atoms with Gasteiger partial charge in [0.25, 0.3) is 5.91 Å². The highest BCUT2D eigenvalue weighted by Gasteiger charge is 2.10. The molecule has 0 fully saturated rings. The van der Waals surface area contributed by atoms with Gasteiger partial charge in [-0.05, 0) is 43.3 Å². The van der Waals surface area contributed by atoms with Crippen molar-refractivity contribution in [3.63, 3.8) is 0 Å². The van der Waals surface area contributed by atoms with Crippen molar-refractivity contribution >= 4 is 22.9 Å². The molecule has 0 saturated heterocycles. The summed E-state index contributed by atoms with van der Waals surface area (Å²) in [6, 6.07) is 9.69. The van der Waals surface area contributed by atoms with Gasteiger partial charge < -0.3 is 9.72 Å². The minimum absolute atomic E-state index is 0.172. The first-order valence-electron chi connectivity index (χ1n) is 8.02. The Hall–Kier alpha value is -3.06. The number of benzene rings is 1. The maximum Gasteiger partial charge on any atom is 0.253 e. The van der Waals surface area contributed by atoms with Crippen LogP contribution in [0.2, 0.25) is 0 Å². The number of imidazole rings is 1. The smallest absolute Gasteiger partial charge is 0.253 e. The minimum Gasteiger partial charge on any atom is -0.346 e. The standard InChI is InChI=1S/C19H15FN4OS/c1-12-22-16(11-26-12)8-21-19(25)14-4-7-18-23-17(10-24(18)9-14)13-2-5-15(20)6-3-13/h2-7,9-11H,8H2,1H3,(H,21,25). The fourth-order valence-electron chi connectivity index (χ4n) is 2.65. The molecular formula is C19H15FN4OS. The lowest BCUT2D eigenvalue weighted by molar-refractivity contribution is 0.0950. The SMILES string of the molecule is Cc1nc(CNC(=O)c2ccc3nc(-c4ccc(F)cc4)cn3c2)cs1. The van der Waals surface area contributed by atoms with E-state index in [-0.39, 0.29) is 11.7 Å². The Morgan fingerprint density at radius 1 is 1.15 bits per heavy atom. The van der Waals surface area contributed by atoms with Crippen molar-refractivity contribution in [3.8, 4) is 11.3 Å². The Kier molecular flexibility index (Phi) is 4.22. The van der Waals surface area contributed by atoms with Gasteiger partial charge in [0.15, 0.2) is 0 Å². The van der Waals surface area contributed by atoms with Crippen LogP contribution in [0.25, 0.3) is 16.9 Å². The first-order valence-corrected chi connectivity index (χ1v) is 8.90. The van der Waals surface area contributed by atoms with Crippen molar-refractivity contribution in [2.75, 3.05) is 0 Å². The molecule has 3 aromatic heterocycles. The summed E-state index contributed by atoms with van der Waals surface area (Å²) < 4.78 is 14.9. The number of pyridine rings is 1. The van der Waals surface area contributed by atoms with Crippen molar-refractivity contribution < 1.29 is 9.18 Å². The number of hydrogen-bond donors (Lipinski definition) is 1. The molecule has 0 aliphatic rings. The Labute approximate surface area is 153 Å². The molecule has 3 heterocycles. The molecule has 4 rings (SSSR count). The average molecular weight is 366 g/mol. The van der Waals surface area contributed by atoms with Crippen molar-refractivity contribution in [1.29, 1.82) is 0 Å². The van der Waals surface area contributed by atoms with Crippen LogP contribution in [0.5, 0.6) is 0 Å². The summed E-state index contributed by atoms with van der Waals surface area (Å²) in [5.74, 6) is -0.457. The second kappa shape index (κ2) is 6.68. The van der Waals surface area contributed by atoms with E-state index < -0.39 is 0 Å². The number of carbonyl (C=O) groups is 1. The fourth-order valence-corrected chi connectivity index (χ4v) is 3.26. The summed E-state index contributed by atoms with van der Waals surface area (Å²) in [5, 5.41) is 5.78. The van der Waals surface area contributed by atoms with E-state index in [1.165, 1.54) is 12.1 Å². The third kappa shape index (κ3) is 3.34. The number of rotatable bonds is 4. The molecule has 4 aromatic rings. The average Bonchev–Trinajstić information content (AvgIpc) is 3.25. The van der Waals surface area contributed by atoms with Gasteiger partial charge in [-0.15, -0.1) is 11.3 Å². The van der Waals surface area contributed by atoms with E-state index in [1.54, 1.807) is 46.2 Å². The van der Waals surface area contributed by atoms with Gasteiger partial charge in [-0.25, -0.2) is 14.4 Å². The van der Waals surface area contributed by atoms with E-state index in [9.17, 15) is 9.18 Å². The van der Waals surface area contributed by atoms with Crippen molar-refractivity contribution in [2.24, 2.45) is 0 Å². The molecule has 0 spiro atoms. The van der Waals surface area contributed by atoms with Crippen LogP contribution >= 0.6 is 11.3 Å². The fraction of sp³-hybridized carbons (Fsp3) is 0.105. The van der Waals surface area contributed by atoms with E-state index in [2.05, 4.69) is 15.3 Å². The molecule has 5 nitrogen and oxygen atoms in total. The molecule has 0 saturated carbocycles. The van der Waals surface area contributed by atoms with Crippen LogP contribution in [0.3, 0.4) is 0 Å². The molecule has 0 atom stereocenters. The molecule has 1 N–H and O–H groups in total. The number of nitrogens with zero attached hydrogens (tertiary/aromatic N) is 3. The van der Waals surface area contributed by atoms with E-state index in [0.29, 0.717) is 12.1 Å². The molecule has 0 aliphatic heterocycles. The summed E-state index contributed by atoms with van der Waals surface area (Å²) >= 11 is 1.56. The van der Waals surface area contributed by atoms with Crippen LogP contribution in [0.4, 0.5) is 4.39 Å². The van der Waals surface area contributed by atoms with Crippen LogP contribution in [0.1, 0.15) is 21.1 Å². The second-order valence-electron chi connectivity index (χ2n) is 5.86. The molecule has 26 heavy (non-hydrogen) atoms. The summed E-state index contributed by atoms with van der Waals surface area (Å²) in [6.07, 6.45) is 3.56. The summed E-state index contributed by atoms with van der Waals surface area (Å²) in [6.45, 7) is 2.33. The van der Waals surface area contributed by atoms with Crippen LogP contribution < -0.4 is 5.32 Å². The van der Waals surface area contributed by atoms with Gasteiger partial charge in [0, 0.05) is 23.3 Å². The van der Waals surface area contributed by atoms with Crippen molar-refractivity contribution in [2.45, 2.75) is 13.5 Å². The van der Waals surface area contributed by atoms with E-state index in [1.807, 2.05) is 18.5 Å². The third-order valence-corrected chi connectivity index (χ3v) is 4.77. The molecule has 0 aliphatic carbocycles. The van der Waals surface area contributed by atoms with Gasteiger partial charge >= 0.3 is 0 Å². The lowest BCUT2D eigenvalue weighted by Gasteiger charge is -2.04. The van der Waals surface area contributed by atoms with E-state index in [4.69, 9.17) is 0 Å². The summed E-state index contributed by atoms with van der Waals surface area (Å²) in [5.41, 5.74) is 3.65. The lowest BCUT2D eigenvalue weighted by atomic mass is 10.2. The third-order valence-electron chi connectivity index (χ3n) is 3.95. The zero-order valence-electron chi connectivity index (χ0n) is 13.9. The van der Waals surface area contributed by atoms with Gasteiger partial charge in [-0.3, -0.25) is 4.79 Å². The molecule has 130 valence electrons. The van der Waals surface area contributed by atoms with E-state index >= 15 is 0 Å². The first kappa shape index (κ1) is 16.4. The number of thiazole rings is 1. The highest BCUT2D eigenvalue weighted by molar-refractivity contribution is 7.09. The quantitative estimate of drug-likeness (QED) is 0.597. The number of aryl methyl sites for hydroxylation is 1. The predicted molar refractivity (Wildman–Crippen MR) is 98.6 cm³/mol. The maximum atomic E-state index is 13.1. The Balaban J connectivity index is 1.55. The van der Waals surface area contributed by atoms with Gasteiger partial charge in [0.2, 0.25) is 0 Å². The molecule has 0 radical (unpaired) electrons. The molecular weight excluding hydrogens is 351 g/mol. The topological polar surface area (TPSA) is 59.3 Å². The number of halogens is 1. The number of nitrogens with one attached hydrogen (secondary N) is 1. The number of fused-ring (bicyclic) bond motifs is 1. The first-order chi connectivity index (χ1) is 12.6. The maximum absolute atomic E-state index is 13.1. The predicted octanol–water partition coefficient (Wildman–Crippen LogP) is 3.84. The normalized spacial score (nSPS) is 11.0. The van der Waals surface area contributed by atoms with Gasteiger partial charge in [-0.1, -0.05) is 0 Å². The van der Waals surface area contributed by atoms with Crippen LogP contribution in [-0.4, -0.2) is 20.3 Å². The monoisotopic (exact) mass is 366 g/mol. The molecule has 1 amide bonds. The molecule has 1 aromatic carbocycles. The zero-order chi connectivity index (χ0) is 18.1. The van der Waals surface area contributed by atoms with Crippen LogP contribution in [0.15, 0.2) is 54.2 Å². The Morgan fingerprint density at radius 2 is 1.96 bits per heavy atom. The zero-order valence-corrected chi connectivity index (χ0v) is 14.8. The minimum atomic E-state index is -0.285. The highest BCUT2D eigenvalue weighted by Crippen LogP contribution is 2.20. The highest BCUT2D eigenvalue weighted by atomic mass is 32.1.